The number of anilines is 4. The van der Waals surface area contributed by atoms with Gasteiger partial charge in [-0.2, -0.15) is 0 Å². The van der Waals surface area contributed by atoms with Crippen molar-refractivity contribution in [3.05, 3.63) is 54.6 Å². The quantitative estimate of drug-likeness (QED) is 0.505. The third kappa shape index (κ3) is 5.26. The fourth-order valence-electron chi connectivity index (χ4n) is 4.68. The maximum atomic E-state index is 12.0. The maximum Gasteiger partial charge on any atom is 0.179 e. The molecule has 0 saturated carbocycles. The molecule has 2 N–H and O–H groups in total. The Kier molecular flexibility index (Phi) is 6.39. The van der Waals surface area contributed by atoms with Crippen LogP contribution in [0.25, 0.3) is 0 Å². The number of pyridine rings is 2. The molecule has 2 fully saturated rings. The minimum atomic E-state index is -3.44. The molecule has 1 spiro atoms. The first-order chi connectivity index (χ1) is 16.8. The van der Waals surface area contributed by atoms with Crippen molar-refractivity contribution < 1.29 is 13.2 Å². The molecule has 35 heavy (non-hydrogen) atoms. The lowest BCUT2D eigenvalue weighted by Crippen LogP contribution is -2.58. The molecule has 1 unspecified atom stereocenters. The van der Waals surface area contributed by atoms with Gasteiger partial charge in [0.1, 0.15) is 34.5 Å². The highest BCUT2D eigenvalue weighted by molar-refractivity contribution is 7.90. The molecule has 5 heterocycles. The van der Waals surface area contributed by atoms with Crippen LogP contribution in [0.1, 0.15) is 31.4 Å². The lowest BCUT2D eigenvalue weighted by atomic mass is 9.72. The van der Waals surface area contributed by atoms with E-state index in [0.717, 1.165) is 45.4 Å². The average molecular weight is 496 g/mol. The van der Waals surface area contributed by atoms with E-state index in [9.17, 15) is 8.42 Å². The predicted octanol–water partition coefficient (Wildman–Crippen LogP) is 3.33. The van der Waals surface area contributed by atoms with Crippen LogP contribution >= 0.6 is 0 Å². The molecule has 2 saturated heterocycles. The van der Waals surface area contributed by atoms with Gasteiger partial charge in [-0.25, -0.2) is 28.4 Å². The summed E-state index contributed by atoms with van der Waals surface area (Å²) in [4.78, 5) is 19.7. The van der Waals surface area contributed by atoms with Gasteiger partial charge in [0.25, 0.3) is 0 Å². The average Bonchev–Trinajstić information content (AvgIpc) is 2.83. The molecule has 5 rings (SSSR count). The van der Waals surface area contributed by atoms with Crippen molar-refractivity contribution in [1.29, 1.82) is 0 Å². The zero-order chi connectivity index (χ0) is 24.5. The van der Waals surface area contributed by atoms with Gasteiger partial charge in [0.15, 0.2) is 9.84 Å². The molecular weight excluding hydrogens is 466 g/mol. The Morgan fingerprint density at radius 3 is 2.43 bits per heavy atom. The molecule has 11 heteroatoms. The Labute approximate surface area is 205 Å². The van der Waals surface area contributed by atoms with Crippen molar-refractivity contribution in [3.63, 3.8) is 0 Å². The van der Waals surface area contributed by atoms with Gasteiger partial charge in [-0.1, -0.05) is 6.07 Å². The van der Waals surface area contributed by atoms with E-state index in [-0.39, 0.29) is 10.7 Å². The van der Waals surface area contributed by atoms with Crippen molar-refractivity contribution in [3.8, 4) is 0 Å². The third-order valence-corrected chi connectivity index (χ3v) is 7.92. The van der Waals surface area contributed by atoms with Gasteiger partial charge in [-0.3, -0.25) is 4.90 Å². The van der Waals surface area contributed by atoms with Gasteiger partial charge < -0.3 is 15.4 Å². The first-order valence-corrected chi connectivity index (χ1v) is 13.5. The summed E-state index contributed by atoms with van der Waals surface area (Å²) < 4.78 is 29.6. The molecule has 2 aliphatic heterocycles. The SMILES string of the molecule is CC(c1ccc(Nc2cc(Nc3ncccc3S(C)(=O)=O)ncn2)nc1)N1CC2(CCOCC2)C1. The maximum absolute atomic E-state index is 12.0. The van der Waals surface area contributed by atoms with Crippen molar-refractivity contribution in [2.75, 3.05) is 43.2 Å². The number of hydrogen-bond acceptors (Lipinski definition) is 10. The number of aromatic nitrogens is 4. The van der Waals surface area contributed by atoms with E-state index in [1.54, 1.807) is 12.1 Å². The van der Waals surface area contributed by atoms with E-state index in [0.29, 0.717) is 28.9 Å². The summed E-state index contributed by atoms with van der Waals surface area (Å²) >= 11 is 0. The predicted molar refractivity (Wildman–Crippen MR) is 133 cm³/mol. The van der Waals surface area contributed by atoms with E-state index < -0.39 is 9.84 Å². The van der Waals surface area contributed by atoms with E-state index in [1.807, 2.05) is 12.3 Å². The van der Waals surface area contributed by atoms with Gasteiger partial charge in [0.05, 0.1) is 0 Å². The van der Waals surface area contributed by atoms with Gasteiger partial charge in [0, 0.05) is 62.5 Å². The Hall–Kier alpha value is -3.15. The smallest absolute Gasteiger partial charge is 0.179 e. The number of nitrogens with zero attached hydrogens (tertiary/aromatic N) is 5. The molecule has 0 aromatic carbocycles. The van der Waals surface area contributed by atoms with Gasteiger partial charge in [-0.15, -0.1) is 0 Å². The van der Waals surface area contributed by atoms with E-state index >= 15 is 0 Å². The molecule has 184 valence electrons. The molecule has 0 bridgehead atoms. The van der Waals surface area contributed by atoms with Crippen LogP contribution in [0.15, 0.2) is 53.9 Å². The molecule has 0 radical (unpaired) electrons. The highest BCUT2D eigenvalue weighted by atomic mass is 32.2. The molecule has 0 aliphatic carbocycles. The van der Waals surface area contributed by atoms with Crippen molar-refractivity contribution in [1.82, 2.24) is 24.8 Å². The molecule has 1 atom stereocenters. The van der Waals surface area contributed by atoms with Crippen molar-refractivity contribution in [2.45, 2.75) is 30.7 Å². The highest BCUT2D eigenvalue weighted by Gasteiger charge is 2.45. The molecule has 0 amide bonds. The fourth-order valence-corrected chi connectivity index (χ4v) is 5.46. The lowest BCUT2D eigenvalue weighted by molar-refractivity contribution is -0.0953. The van der Waals surface area contributed by atoms with E-state index in [2.05, 4.69) is 48.5 Å². The molecular formula is C24H29N7O3S. The number of sulfone groups is 1. The van der Waals surface area contributed by atoms with Crippen LogP contribution in [-0.2, 0) is 14.6 Å². The minimum Gasteiger partial charge on any atom is -0.381 e. The van der Waals surface area contributed by atoms with E-state index in [1.165, 1.54) is 24.2 Å². The normalized spacial score (nSPS) is 18.6. The van der Waals surface area contributed by atoms with Crippen LogP contribution in [-0.4, -0.2) is 65.8 Å². The zero-order valence-corrected chi connectivity index (χ0v) is 20.6. The third-order valence-electron chi connectivity index (χ3n) is 6.79. The Balaban J connectivity index is 1.23. The summed E-state index contributed by atoms with van der Waals surface area (Å²) in [5.74, 6) is 1.81. The Morgan fingerprint density at radius 1 is 1.00 bits per heavy atom. The molecule has 10 nitrogen and oxygen atoms in total. The number of rotatable bonds is 7. The van der Waals surface area contributed by atoms with E-state index in [4.69, 9.17) is 4.74 Å². The van der Waals surface area contributed by atoms with Gasteiger partial charge in [-0.05, 0) is 43.5 Å². The summed E-state index contributed by atoms with van der Waals surface area (Å²) in [5.41, 5.74) is 1.61. The van der Waals surface area contributed by atoms with Gasteiger partial charge >= 0.3 is 0 Å². The second-order valence-corrected chi connectivity index (χ2v) is 11.3. The van der Waals surface area contributed by atoms with Crippen LogP contribution in [0, 0.1) is 5.41 Å². The summed E-state index contributed by atoms with van der Waals surface area (Å²) in [5, 5.41) is 6.14. The largest absolute Gasteiger partial charge is 0.381 e. The first kappa shape index (κ1) is 23.6. The second-order valence-electron chi connectivity index (χ2n) is 9.33. The summed E-state index contributed by atoms with van der Waals surface area (Å²) in [6.45, 7) is 6.22. The number of nitrogens with one attached hydrogen (secondary N) is 2. The van der Waals surface area contributed by atoms with Crippen LogP contribution in [0.5, 0.6) is 0 Å². The Morgan fingerprint density at radius 2 is 1.74 bits per heavy atom. The summed E-state index contributed by atoms with van der Waals surface area (Å²) in [7, 11) is -3.44. The topological polar surface area (TPSA) is 122 Å². The number of ether oxygens (including phenoxy) is 1. The minimum absolute atomic E-state index is 0.101. The van der Waals surface area contributed by atoms with Crippen LogP contribution in [0.4, 0.5) is 23.3 Å². The summed E-state index contributed by atoms with van der Waals surface area (Å²) in [6.07, 6.45) is 8.26. The van der Waals surface area contributed by atoms with Gasteiger partial charge in [0.2, 0.25) is 0 Å². The molecule has 3 aromatic rings. The van der Waals surface area contributed by atoms with Crippen LogP contribution in [0.3, 0.4) is 0 Å². The number of hydrogen-bond donors (Lipinski definition) is 2. The second kappa shape index (κ2) is 9.48. The first-order valence-electron chi connectivity index (χ1n) is 11.6. The Bertz CT molecular complexity index is 1290. The van der Waals surface area contributed by atoms with Crippen LogP contribution < -0.4 is 10.6 Å². The fraction of sp³-hybridized carbons (Fsp3) is 0.417. The number of likely N-dealkylation sites (tertiary alicyclic amines) is 1. The van der Waals surface area contributed by atoms with Crippen molar-refractivity contribution >= 4 is 33.1 Å². The summed E-state index contributed by atoms with van der Waals surface area (Å²) in [6, 6.07) is 9.08. The molecule has 3 aromatic heterocycles. The monoisotopic (exact) mass is 495 g/mol. The zero-order valence-electron chi connectivity index (χ0n) is 19.8. The molecule has 2 aliphatic rings. The standard InChI is InChI=1S/C24H29N7O3S/c1-17(31-14-24(15-31)7-10-34-11-8-24)18-5-6-20(26-13-18)29-21-12-22(28-16-27-21)30-23-19(35(2,32)33)4-3-9-25-23/h3-6,9,12-13,16-17H,7-8,10-11,14-15H2,1-2H3,(H2,25,26,27,28,29,30). The highest BCUT2D eigenvalue weighted by Crippen LogP contribution is 2.43. The lowest BCUT2D eigenvalue weighted by Gasteiger charge is -2.54. The van der Waals surface area contributed by atoms with Crippen LogP contribution in [0.2, 0.25) is 0 Å². The van der Waals surface area contributed by atoms with Crippen molar-refractivity contribution in [2.24, 2.45) is 5.41 Å².